The molecular weight excluding hydrogens is 305 g/mol. The molecule has 0 radical (unpaired) electrons. The van der Waals surface area contributed by atoms with Gasteiger partial charge in [0.15, 0.2) is 0 Å². The van der Waals surface area contributed by atoms with E-state index in [1.807, 2.05) is 29.2 Å². The van der Waals surface area contributed by atoms with E-state index in [9.17, 15) is 4.39 Å². The van der Waals surface area contributed by atoms with Crippen LogP contribution in [0.1, 0.15) is 17.1 Å². The molecule has 0 atom stereocenters. The lowest BCUT2D eigenvalue weighted by Gasteiger charge is -2.21. The van der Waals surface area contributed by atoms with Gasteiger partial charge in [-0.05, 0) is 36.4 Å². The lowest BCUT2D eigenvalue weighted by molar-refractivity contribution is 0.207. The Morgan fingerprint density at radius 1 is 0.864 bits per heavy atom. The van der Waals surface area contributed by atoms with Crippen molar-refractivity contribution in [3.63, 3.8) is 0 Å². The Kier molecular flexibility index (Phi) is 4.61. The second kappa shape index (κ2) is 6.81. The zero-order valence-electron chi connectivity index (χ0n) is 11.8. The molecule has 0 aliphatic rings. The van der Waals surface area contributed by atoms with E-state index in [1.165, 1.54) is 6.07 Å². The van der Waals surface area contributed by atoms with Crippen LogP contribution in [0.5, 0.6) is 0 Å². The van der Waals surface area contributed by atoms with Crippen molar-refractivity contribution in [3.05, 3.63) is 82.9 Å². The molecule has 1 aromatic carbocycles. The molecule has 5 heteroatoms. The summed E-state index contributed by atoms with van der Waals surface area (Å²) >= 11 is 6.12. The van der Waals surface area contributed by atoms with Crippen LogP contribution < -0.4 is 0 Å². The van der Waals surface area contributed by atoms with Crippen molar-refractivity contribution in [2.45, 2.75) is 19.6 Å². The van der Waals surface area contributed by atoms with Crippen molar-refractivity contribution >= 4 is 11.6 Å². The molecule has 0 aliphatic carbocycles. The van der Waals surface area contributed by atoms with E-state index in [0.29, 0.717) is 30.2 Å². The second-order valence-corrected chi connectivity index (χ2v) is 5.41. The minimum absolute atomic E-state index is 0.309. The van der Waals surface area contributed by atoms with Gasteiger partial charge in [-0.15, -0.1) is 0 Å². The summed E-state index contributed by atoms with van der Waals surface area (Å²) in [6.45, 7) is 1.45. The Morgan fingerprint density at radius 2 is 1.50 bits per heavy atom. The molecule has 0 spiro atoms. The SMILES string of the molecule is Fc1cccc(Cl)c1CN(Cc1ccco1)Cc1ccco1. The number of hydrogen-bond donors (Lipinski definition) is 0. The molecule has 2 heterocycles. The van der Waals surface area contributed by atoms with Crippen molar-refractivity contribution in [2.24, 2.45) is 0 Å². The van der Waals surface area contributed by atoms with Crippen molar-refractivity contribution in [3.8, 4) is 0 Å². The second-order valence-electron chi connectivity index (χ2n) is 5.00. The quantitative estimate of drug-likeness (QED) is 0.649. The maximum absolute atomic E-state index is 14.0. The van der Waals surface area contributed by atoms with Gasteiger partial charge in [0.1, 0.15) is 17.3 Å². The van der Waals surface area contributed by atoms with Gasteiger partial charge in [-0.1, -0.05) is 17.7 Å². The van der Waals surface area contributed by atoms with Gasteiger partial charge in [-0.2, -0.15) is 0 Å². The first-order valence-electron chi connectivity index (χ1n) is 6.92. The average molecular weight is 320 g/mol. The molecule has 0 saturated carbocycles. The minimum Gasteiger partial charge on any atom is -0.468 e. The maximum atomic E-state index is 14.0. The molecule has 3 rings (SSSR count). The van der Waals surface area contributed by atoms with Crippen LogP contribution in [0.2, 0.25) is 5.02 Å². The molecule has 3 nitrogen and oxygen atoms in total. The van der Waals surface area contributed by atoms with Gasteiger partial charge in [-0.3, -0.25) is 4.90 Å². The number of nitrogens with zero attached hydrogens (tertiary/aromatic N) is 1. The Bertz CT molecular complexity index is 654. The van der Waals surface area contributed by atoms with Crippen LogP contribution in [0.3, 0.4) is 0 Å². The molecule has 0 amide bonds. The summed E-state index contributed by atoms with van der Waals surface area (Å²) in [5.74, 6) is 1.30. The molecule has 22 heavy (non-hydrogen) atoms. The molecule has 114 valence electrons. The number of furan rings is 2. The highest BCUT2D eigenvalue weighted by molar-refractivity contribution is 6.31. The van der Waals surface area contributed by atoms with E-state index < -0.39 is 0 Å². The molecule has 0 aliphatic heterocycles. The van der Waals surface area contributed by atoms with E-state index in [1.54, 1.807) is 24.7 Å². The number of benzene rings is 1. The number of rotatable bonds is 6. The Morgan fingerprint density at radius 3 is 2.00 bits per heavy atom. The molecule has 0 unspecified atom stereocenters. The third-order valence-electron chi connectivity index (χ3n) is 3.36. The molecule has 0 saturated heterocycles. The standard InChI is InChI=1S/C17H15ClFNO2/c18-16-6-1-7-17(19)15(16)12-20(10-13-4-2-8-21-13)11-14-5-3-9-22-14/h1-9H,10-12H2. The van der Waals surface area contributed by atoms with E-state index in [4.69, 9.17) is 20.4 Å². The van der Waals surface area contributed by atoms with E-state index in [-0.39, 0.29) is 5.82 Å². The lowest BCUT2D eigenvalue weighted by Crippen LogP contribution is -2.22. The van der Waals surface area contributed by atoms with E-state index in [2.05, 4.69) is 0 Å². The van der Waals surface area contributed by atoms with Gasteiger partial charge in [0.2, 0.25) is 0 Å². The Balaban J connectivity index is 1.81. The summed E-state index contributed by atoms with van der Waals surface area (Å²) in [4.78, 5) is 2.02. The van der Waals surface area contributed by atoms with Crippen molar-refractivity contribution in [1.29, 1.82) is 0 Å². The monoisotopic (exact) mass is 319 g/mol. The lowest BCUT2D eigenvalue weighted by atomic mass is 10.2. The Labute approximate surface area is 132 Å². The summed E-state index contributed by atoms with van der Waals surface area (Å²) in [6.07, 6.45) is 3.24. The molecule has 0 bridgehead atoms. The zero-order valence-corrected chi connectivity index (χ0v) is 12.6. The molecule has 0 fully saturated rings. The zero-order chi connectivity index (χ0) is 15.4. The van der Waals surface area contributed by atoms with Crippen LogP contribution in [0.25, 0.3) is 0 Å². The van der Waals surface area contributed by atoms with E-state index >= 15 is 0 Å². The first kappa shape index (κ1) is 14.9. The fourth-order valence-electron chi connectivity index (χ4n) is 2.32. The van der Waals surface area contributed by atoms with Crippen LogP contribution in [-0.4, -0.2) is 4.90 Å². The van der Waals surface area contributed by atoms with Crippen LogP contribution in [0.15, 0.2) is 63.8 Å². The van der Waals surface area contributed by atoms with Gasteiger partial charge in [0.05, 0.1) is 25.6 Å². The van der Waals surface area contributed by atoms with Gasteiger partial charge in [0.25, 0.3) is 0 Å². The van der Waals surface area contributed by atoms with Crippen molar-refractivity contribution < 1.29 is 13.2 Å². The summed E-state index contributed by atoms with van der Waals surface area (Å²) in [6, 6.07) is 12.1. The topological polar surface area (TPSA) is 29.5 Å². The fraction of sp³-hybridized carbons (Fsp3) is 0.176. The smallest absolute Gasteiger partial charge is 0.129 e. The third kappa shape index (κ3) is 3.59. The van der Waals surface area contributed by atoms with Gasteiger partial charge in [0, 0.05) is 17.1 Å². The van der Waals surface area contributed by atoms with Crippen LogP contribution in [0, 0.1) is 5.82 Å². The summed E-state index contributed by atoms with van der Waals surface area (Å²) in [5.41, 5.74) is 0.474. The largest absolute Gasteiger partial charge is 0.468 e. The van der Waals surface area contributed by atoms with Gasteiger partial charge >= 0.3 is 0 Å². The highest BCUT2D eigenvalue weighted by Crippen LogP contribution is 2.23. The highest BCUT2D eigenvalue weighted by Gasteiger charge is 2.15. The average Bonchev–Trinajstić information content (AvgIpc) is 3.16. The van der Waals surface area contributed by atoms with Crippen LogP contribution in [0.4, 0.5) is 4.39 Å². The first-order chi connectivity index (χ1) is 10.7. The first-order valence-corrected chi connectivity index (χ1v) is 7.30. The fourth-order valence-corrected chi connectivity index (χ4v) is 2.54. The highest BCUT2D eigenvalue weighted by atomic mass is 35.5. The van der Waals surface area contributed by atoms with Crippen molar-refractivity contribution in [2.75, 3.05) is 0 Å². The van der Waals surface area contributed by atoms with Gasteiger partial charge in [-0.25, -0.2) is 4.39 Å². The van der Waals surface area contributed by atoms with Gasteiger partial charge < -0.3 is 8.83 Å². The van der Waals surface area contributed by atoms with Crippen LogP contribution in [-0.2, 0) is 19.6 Å². The molecular formula is C17H15ClFNO2. The summed E-state index contributed by atoms with van der Waals surface area (Å²) in [5, 5.41) is 0.420. The summed E-state index contributed by atoms with van der Waals surface area (Å²) in [7, 11) is 0. The number of halogens is 2. The number of hydrogen-bond acceptors (Lipinski definition) is 3. The minimum atomic E-state index is -0.309. The van der Waals surface area contributed by atoms with Crippen LogP contribution >= 0.6 is 11.6 Å². The third-order valence-corrected chi connectivity index (χ3v) is 3.72. The molecule has 2 aromatic heterocycles. The predicted octanol–water partition coefficient (Wildman–Crippen LogP) is 4.87. The van der Waals surface area contributed by atoms with Crippen molar-refractivity contribution in [1.82, 2.24) is 4.90 Å². The maximum Gasteiger partial charge on any atom is 0.129 e. The summed E-state index contributed by atoms with van der Waals surface area (Å²) < 4.78 is 24.8. The van der Waals surface area contributed by atoms with E-state index in [0.717, 1.165) is 11.5 Å². The molecule has 0 N–H and O–H groups in total. The molecule has 3 aromatic rings. The predicted molar refractivity (Wildman–Crippen MR) is 81.8 cm³/mol. The normalized spacial score (nSPS) is 11.2. The Hall–Kier alpha value is -2.04.